The van der Waals surface area contributed by atoms with Crippen molar-refractivity contribution in [3.05, 3.63) is 51.5 Å². The van der Waals surface area contributed by atoms with Gasteiger partial charge in [-0.15, -0.1) is 0 Å². The highest BCUT2D eigenvalue weighted by molar-refractivity contribution is 9.10. The topological polar surface area (TPSA) is 51.2 Å². The second-order valence-corrected chi connectivity index (χ2v) is 6.15. The quantitative estimate of drug-likeness (QED) is 0.713. The molecule has 0 saturated heterocycles. The number of carbonyl (C=O) groups excluding carboxylic acids is 1. The van der Waals surface area contributed by atoms with Crippen molar-refractivity contribution in [2.75, 3.05) is 11.9 Å². The maximum absolute atomic E-state index is 11.7. The van der Waals surface area contributed by atoms with E-state index in [1.54, 1.807) is 12.3 Å². The Kier molecular flexibility index (Phi) is 6.20. The fourth-order valence-electron chi connectivity index (χ4n) is 1.63. The van der Waals surface area contributed by atoms with Crippen LogP contribution in [0.3, 0.4) is 0 Å². The van der Waals surface area contributed by atoms with Gasteiger partial charge in [-0.2, -0.15) is 0 Å². The van der Waals surface area contributed by atoms with Gasteiger partial charge in [0.1, 0.15) is 11.6 Å². The highest BCUT2D eigenvalue weighted by atomic mass is 79.9. The molecule has 110 valence electrons. The Morgan fingerprint density at radius 3 is 2.76 bits per heavy atom. The Labute approximate surface area is 140 Å². The van der Waals surface area contributed by atoms with Crippen LogP contribution in [-0.2, 0) is 4.79 Å². The van der Waals surface area contributed by atoms with Crippen LogP contribution in [0, 0.1) is 0 Å². The summed E-state index contributed by atoms with van der Waals surface area (Å²) in [5, 5.41) is 2.74. The number of anilines is 1. The third kappa shape index (κ3) is 5.85. The molecule has 0 fully saturated rings. The number of hydrogen-bond donors (Lipinski definition) is 1. The first-order chi connectivity index (χ1) is 10.1. The first-order valence-corrected chi connectivity index (χ1v) is 8.02. The summed E-state index contributed by atoms with van der Waals surface area (Å²) in [5.41, 5.74) is 0. The molecule has 1 amide bonds. The lowest BCUT2D eigenvalue weighted by Gasteiger charge is -2.07. The normalized spacial score (nSPS) is 10.2. The standard InChI is InChI=1S/C15H14Br2N2O2/c16-11-3-1-4-13(9-11)21-8-2-5-15(20)19-14-7-6-12(17)10-18-14/h1,3-4,6-7,9-10H,2,5,8H2,(H,18,19,20). The van der Waals surface area contributed by atoms with Crippen molar-refractivity contribution in [3.8, 4) is 5.75 Å². The van der Waals surface area contributed by atoms with Gasteiger partial charge in [-0.25, -0.2) is 4.98 Å². The lowest BCUT2D eigenvalue weighted by atomic mass is 10.3. The zero-order valence-electron chi connectivity index (χ0n) is 11.2. The van der Waals surface area contributed by atoms with Crippen molar-refractivity contribution in [1.82, 2.24) is 4.98 Å². The zero-order valence-corrected chi connectivity index (χ0v) is 14.4. The molecule has 6 heteroatoms. The molecular formula is C15H14Br2N2O2. The highest BCUT2D eigenvalue weighted by Crippen LogP contribution is 2.18. The number of halogens is 2. The lowest BCUT2D eigenvalue weighted by molar-refractivity contribution is -0.116. The Morgan fingerprint density at radius 2 is 2.05 bits per heavy atom. The van der Waals surface area contributed by atoms with Crippen molar-refractivity contribution in [1.29, 1.82) is 0 Å². The van der Waals surface area contributed by atoms with Crippen LogP contribution in [0.4, 0.5) is 5.82 Å². The largest absolute Gasteiger partial charge is 0.494 e. The molecular weight excluding hydrogens is 400 g/mol. The van der Waals surface area contributed by atoms with Crippen molar-refractivity contribution in [3.63, 3.8) is 0 Å². The van der Waals surface area contributed by atoms with Crippen LogP contribution in [0.1, 0.15) is 12.8 Å². The second-order valence-electron chi connectivity index (χ2n) is 4.32. The van der Waals surface area contributed by atoms with Crippen molar-refractivity contribution >= 4 is 43.6 Å². The molecule has 1 N–H and O–H groups in total. The van der Waals surface area contributed by atoms with Gasteiger partial charge < -0.3 is 10.1 Å². The van der Waals surface area contributed by atoms with E-state index in [4.69, 9.17) is 4.74 Å². The number of carbonyl (C=O) groups is 1. The van der Waals surface area contributed by atoms with Crippen LogP contribution in [0.5, 0.6) is 5.75 Å². The van der Waals surface area contributed by atoms with Gasteiger partial charge in [0.2, 0.25) is 5.91 Å². The van der Waals surface area contributed by atoms with Crippen LogP contribution in [0.2, 0.25) is 0 Å². The van der Waals surface area contributed by atoms with Crippen LogP contribution < -0.4 is 10.1 Å². The Hall–Kier alpha value is -1.40. The fourth-order valence-corrected chi connectivity index (χ4v) is 2.25. The minimum absolute atomic E-state index is 0.0670. The summed E-state index contributed by atoms with van der Waals surface area (Å²) in [6.07, 6.45) is 2.69. The first-order valence-electron chi connectivity index (χ1n) is 6.43. The minimum Gasteiger partial charge on any atom is -0.494 e. The zero-order chi connectivity index (χ0) is 15.1. The van der Waals surface area contributed by atoms with E-state index < -0.39 is 0 Å². The Morgan fingerprint density at radius 1 is 1.19 bits per heavy atom. The second kappa shape index (κ2) is 8.14. The Balaban J connectivity index is 1.68. The van der Waals surface area contributed by atoms with E-state index in [1.165, 1.54) is 0 Å². The molecule has 0 unspecified atom stereocenters. The average molecular weight is 414 g/mol. The van der Waals surface area contributed by atoms with E-state index in [0.29, 0.717) is 25.3 Å². The van der Waals surface area contributed by atoms with E-state index in [0.717, 1.165) is 14.7 Å². The van der Waals surface area contributed by atoms with E-state index in [2.05, 4.69) is 42.2 Å². The third-order valence-corrected chi connectivity index (χ3v) is 3.57. The molecule has 1 heterocycles. The third-order valence-electron chi connectivity index (χ3n) is 2.61. The summed E-state index contributed by atoms with van der Waals surface area (Å²) < 4.78 is 7.42. The lowest BCUT2D eigenvalue weighted by Crippen LogP contribution is -2.13. The van der Waals surface area contributed by atoms with Crippen LogP contribution >= 0.6 is 31.9 Å². The van der Waals surface area contributed by atoms with Gasteiger partial charge >= 0.3 is 0 Å². The fraction of sp³-hybridized carbons (Fsp3) is 0.200. The molecule has 0 atom stereocenters. The van der Waals surface area contributed by atoms with Gasteiger partial charge in [0.15, 0.2) is 0 Å². The molecule has 0 aliphatic rings. The summed E-state index contributed by atoms with van der Waals surface area (Å²) in [4.78, 5) is 15.8. The molecule has 0 aliphatic heterocycles. The van der Waals surface area contributed by atoms with Crippen LogP contribution in [0.15, 0.2) is 51.5 Å². The highest BCUT2D eigenvalue weighted by Gasteiger charge is 2.03. The van der Waals surface area contributed by atoms with E-state index >= 15 is 0 Å². The minimum atomic E-state index is -0.0670. The van der Waals surface area contributed by atoms with Gasteiger partial charge in [0, 0.05) is 21.6 Å². The van der Waals surface area contributed by atoms with E-state index in [-0.39, 0.29) is 5.91 Å². The number of rotatable bonds is 6. The number of amides is 1. The molecule has 0 spiro atoms. The van der Waals surface area contributed by atoms with Crippen LogP contribution in [-0.4, -0.2) is 17.5 Å². The molecule has 2 rings (SSSR count). The summed E-state index contributed by atoms with van der Waals surface area (Å²) in [6, 6.07) is 11.2. The molecule has 1 aromatic heterocycles. The number of hydrogen-bond acceptors (Lipinski definition) is 3. The number of nitrogens with one attached hydrogen (secondary N) is 1. The van der Waals surface area contributed by atoms with E-state index in [1.807, 2.05) is 30.3 Å². The summed E-state index contributed by atoms with van der Waals surface area (Å²) >= 11 is 6.68. The van der Waals surface area contributed by atoms with Gasteiger partial charge in [-0.05, 0) is 52.7 Å². The smallest absolute Gasteiger partial charge is 0.225 e. The summed E-state index contributed by atoms with van der Waals surface area (Å²) in [7, 11) is 0. The van der Waals surface area contributed by atoms with Gasteiger partial charge in [0.25, 0.3) is 0 Å². The molecule has 21 heavy (non-hydrogen) atoms. The molecule has 2 aromatic rings. The number of nitrogens with zero attached hydrogens (tertiary/aromatic N) is 1. The number of pyridine rings is 1. The number of ether oxygens (including phenoxy) is 1. The molecule has 0 radical (unpaired) electrons. The monoisotopic (exact) mass is 412 g/mol. The molecule has 0 aliphatic carbocycles. The van der Waals surface area contributed by atoms with E-state index in [9.17, 15) is 4.79 Å². The van der Waals surface area contributed by atoms with Gasteiger partial charge in [-0.3, -0.25) is 4.79 Å². The predicted molar refractivity (Wildman–Crippen MR) is 89.4 cm³/mol. The van der Waals surface area contributed by atoms with Crippen molar-refractivity contribution in [2.24, 2.45) is 0 Å². The van der Waals surface area contributed by atoms with Crippen molar-refractivity contribution in [2.45, 2.75) is 12.8 Å². The number of benzene rings is 1. The first kappa shape index (κ1) is 16.0. The number of aromatic nitrogens is 1. The average Bonchev–Trinajstić information content (AvgIpc) is 2.46. The molecule has 1 aromatic carbocycles. The summed E-state index contributed by atoms with van der Waals surface area (Å²) in [6.45, 7) is 0.498. The molecule has 0 bridgehead atoms. The maximum atomic E-state index is 11.7. The maximum Gasteiger partial charge on any atom is 0.225 e. The molecule has 4 nitrogen and oxygen atoms in total. The Bertz CT molecular complexity index is 603. The van der Waals surface area contributed by atoms with Gasteiger partial charge in [-0.1, -0.05) is 22.0 Å². The SMILES string of the molecule is O=C(CCCOc1cccc(Br)c1)Nc1ccc(Br)cn1. The van der Waals surface area contributed by atoms with Gasteiger partial charge in [0.05, 0.1) is 6.61 Å². The van der Waals surface area contributed by atoms with Crippen molar-refractivity contribution < 1.29 is 9.53 Å². The molecule has 0 saturated carbocycles. The van der Waals surface area contributed by atoms with Crippen LogP contribution in [0.25, 0.3) is 0 Å². The predicted octanol–water partition coefficient (Wildman–Crippen LogP) is 4.40. The summed E-state index contributed by atoms with van der Waals surface area (Å²) in [5.74, 6) is 1.28.